The number of nitrogens with zero attached hydrogens (tertiary/aromatic N) is 3. The Labute approximate surface area is 105 Å². The number of aromatic nitrogens is 1. The largest absolute Gasteiger partial charge is 0.443 e. The Hall–Kier alpha value is -2.06. The fourth-order valence-electron chi connectivity index (χ4n) is 0.998. The number of thiazole rings is 1. The summed E-state index contributed by atoms with van der Waals surface area (Å²) in [5, 5.41) is 18.7. The summed E-state index contributed by atoms with van der Waals surface area (Å²) in [6.07, 6.45) is -2.17. The van der Waals surface area contributed by atoms with E-state index in [1.165, 1.54) is 0 Å². The molecule has 0 saturated heterocycles. The lowest BCUT2D eigenvalue weighted by Gasteiger charge is -2.08. The first kappa shape index (κ1) is 14.0. The lowest BCUT2D eigenvalue weighted by atomic mass is 10.3. The molecule has 18 heavy (non-hydrogen) atoms. The Morgan fingerprint density at radius 1 is 1.50 bits per heavy atom. The van der Waals surface area contributed by atoms with Gasteiger partial charge in [-0.3, -0.25) is 0 Å². The van der Waals surface area contributed by atoms with Crippen LogP contribution in [-0.4, -0.2) is 4.98 Å². The molecule has 1 heterocycles. The van der Waals surface area contributed by atoms with Gasteiger partial charge in [0.25, 0.3) is 0 Å². The highest BCUT2D eigenvalue weighted by Gasteiger charge is 2.34. The zero-order valence-electron chi connectivity index (χ0n) is 9.12. The summed E-state index contributed by atoms with van der Waals surface area (Å²) in [6.45, 7) is 1.61. The highest BCUT2D eigenvalue weighted by Crippen LogP contribution is 2.34. The summed E-state index contributed by atoms with van der Waals surface area (Å²) in [5.74, 6) is 0. The number of halogens is 3. The maximum Gasteiger partial charge on any atom is 0.443 e. The first-order chi connectivity index (χ1) is 8.38. The summed E-state index contributed by atoms with van der Waals surface area (Å²) >= 11 is 0.521. The highest BCUT2D eigenvalue weighted by molar-refractivity contribution is 7.11. The molecule has 1 aromatic rings. The summed E-state index contributed by atoms with van der Waals surface area (Å²) < 4.78 is 37.0. The second-order valence-electron chi connectivity index (χ2n) is 3.24. The van der Waals surface area contributed by atoms with Gasteiger partial charge in [-0.15, -0.1) is 11.3 Å². The van der Waals surface area contributed by atoms with Gasteiger partial charge in [0.1, 0.15) is 17.7 Å². The van der Waals surface area contributed by atoms with Crippen LogP contribution in [0, 0.1) is 22.7 Å². The van der Waals surface area contributed by atoms with Gasteiger partial charge < -0.3 is 5.32 Å². The number of nitrogens with one attached hydrogen (secondary N) is 1. The Kier molecular flexibility index (Phi) is 4.29. The van der Waals surface area contributed by atoms with Crippen molar-refractivity contribution in [2.24, 2.45) is 0 Å². The highest BCUT2D eigenvalue weighted by atomic mass is 32.1. The predicted octanol–water partition coefficient (Wildman–Crippen LogP) is 2.74. The predicted molar refractivity (Wildman–Crippen MR) is 58.0 cm³/mol. The molecular weight excluding hydrogens is 265 g/mol. The van der Waals surface area contributed by atoms with Crippen LogP contribution in [-0.2, 0) is 6.18 Å². The molecule has 1 aromatic heterocycles. The number of nitriles is 2. The minimum atomic E-state index is -4.46. The molecule has 0 saturated carbocycles. The van der Waals surface area contributed by atoms with E-state index in [9.17, 15) is 13.2 Å². The van der Waals surface area contributed by atoms with Crippen molar-refractivity contribution < 1.29 is 13.2 Å². The number of rotatable bonds is 3. The van der Waals surface area contributed by atoms with Crippen LogP contribution in [0.15, 0.2) is 18.0 Å². The maximum absolute atomic E-state index is 12.3. The molecule has 8 heteroatoms. The van der Waals surface area contributed by atoms with Gasteiger partial charge in [-0.2, -0.15) is 23.7 Å². The first-order valence-electron chi connectivity index (χ1n) is 4.67. The lowest BCUT2D eigenvalue weighted by Crippen LogP contribution is -2.11. The van der Waals surface area contributed by atoms with E-state index in [4.69, 9.17) is 10.5 Å². The second-order valence-corrected chi connectivity index (χ2v) is 4.30. The van der Waals surface area contributed by atoms with E-state index in [2.05, 4.69) is 10.3 Å². The summed E-state index contributed by atoms with van der Waals surface area (Å²) in [6, 6.07) is 2.80. The number of hydrogen-bond acceptors (Lipinski definition) is 5. The van der Waals surface area contributed by atoms with Gasteiger partial charge in [0.2, 0.25) is 0 Å². The topological polar surface area (TPSA) is 72.5 Å². The minimum Gasteiger partial charge on any atom is -0.382 e. The van der Waals surface area contributed by atoms with E-state index in [-0.39, 0.29) is 5.57 Å². The van der Waals surface area contributed by atoms with Crippen molar-refractivity contribution in [2.75, 3.05) is 0 Å². The summed E-state index contributed by atoms with van der Waals surface area (Å²) in [7, 11) is 0. The second kappa shape index (κ2) is 5.52. The zero-order chi connectivity index (χ0) is 13.8. The van der Waals surface area contributed by atoms with Gasteiger partial charge in [-0.1, -0.05) is 0 Å². The zero-order valence-corrected chi connectivity index (χ0v) is 9.93. The molecule has 0 spiro atoms. The molecule has 0 amide bonds. The van der Waals surface area contributed by atoms with Crippen LogP contribution < -0.4 is 5.32 Å². The van der Waals surface area contributed by atoms with Crippen LogP contribution in [0.2, 0.25) is 0 Å². The smallest absolute Gasteiger partial charge is 0.382 e. The van der Waals surface area contributed by atoms with Crippen LogP contribution in [0.25, 0.3) is 0 Å². The SMILES string of the molecule is CC(NC=C(C#N)C#N)c1cnc(C(F)(F)F)s1. The molecule has 94 valence electrons. The van der Waals surface area contributed by atoms with Crippen molar-refractivity contribution >= 4 is 11.3 Å². The monoisotopic (exact) mass is 272 g/mol. The average Bonchev–Trinajstić information content (AvgIpc) is 2.79. The molecule has 1 unspecified atom stereocenters. The maximum atomic E-state index is 12.3. The van der Waals surface area contributed by atoms with Gasteiger partial charge >= 0.3 is 6.18 Å². The molecule has 0 aromatic carbocycles. The molecule has 0 aliphatic heterocycles. The van der Waals surface area contributed by atoms with E-state index in [1.54, 1.807) is 19.1 Å². The van der Waals surface area contributed by atoms with Crippen molar-refractivity contribution in [1.82, 2.24) is 10.3 Å². The van der Waals surface area contributed by atoms with Gasteiger partial charge in [0.05, 0.1) is 6.04 Å². The normalized spacial score (nSPS) is 12.1. The molecule has 0 bridgehead atoms. The van der Waals surface area contributed by atoms with Gasteiger partial charge in [0.15, 0.2) is 5.01 Å². The molecule has 0 fully saturated rings. The van der Waals surface area contributed by atoms with E-state index >= 15 is 0 Å². The fraction of sp³-hybridized carbons (Fsp3) is 0.300. The lowest BCUT2D eigenvalue weighted by molar-refractivity contribution is -0.137. The Morgan fingerprint density at radius 2 is 2.11 bits per heavy atom. The molecule has 0 aliphatic carbocycles. The standard InChI is InChI=1S/C10H7F3N4S/c1-6(16-4-7(2-14)3-15)8-5-17-9(18-8)10(11,12)13/h4-6,16H,1H3. The quantitative estimate of drug-likeness (QED) is 0.859. The van der Waals surface area contributed by atoms with Crippen LogP contribution in [0.5, 0.6) is 0 Å². The van der Waals surface area contributed by atoms with Crippen LogP contribution in [0.1, 0.15) is 22.9 Å². The van der Waals surface area contributed by atoms with E-state index in [1.807, 2.05) is 0 Å². The first-order valence-corrected chi connectivity index (χ1v) is 5.49. The average molecular weight is 272 g/mol. The molecule has 1 N–H and O–H groups in total. The third-order valence-electron chi connectivity index (χ3n) is 1.91. The minimum absolute atomic E-state index is 0.151. The molecule has 1 atom stereocenters. The fourth-order valence-corrected chi connectivity index (χ4v) is 1.79. The summed E-state index contributed by atoms with van der Waals surface area (Å²) in [4.78, 5) is 3.65. The van der Waals surface area contributed by atoms with Crippen LogP contribution in [0.4, 0.5) is 13.2 Å². The van der Waals surface area contributed by atoms with Crippen molar-refractivity contribution in [1.29, 1.82) is 10.5 Å². The molecular formula is C10H7F3N4S. The van der Waals surface area contributed by atoms with Crippen molar-refractivity contribution in [3.05, 3.63) is 27.9 Å². The van der Waals surface area contributed by atoms with E-state index in [0.717, 1.165) is 12.4 Å². The van der Waals surface area contributed by atoms with Crippen molar-refractivity contribution in [2.45, 2.75) is 19.1 Å². The third-order valence-corrected chi connectivity index (χ3v) is 3.14. The van der Waals surface area contributed by atoms with Crippen LogP contribution >= 0.6 is 11.3 Å². The Morgan fingerprint density at radius 3 is 2.56 bits per heavy atom. The van der Waals surface area contributed by atoms with E-state index < -0.39 is 17.2 Å². The van der Waals surface area contributed by atoms with E-state index in [0.29, 0.717) is 16.2 Å². The third kappa shape index (κ3) is 3.47. The van der Waals surface area contributed by atoms with Gasteiger partial charge in [-0.05, 0) is 6.92 Å². The number of hydrogen-bond donors (Lipinski definition) is 1. The number of allylic oxidation sites excluding steroid dienone is 1. The number of alkyl halides is 3. The summed E-state index contributed by atoms with van der Waals surface area (Å²) in [5.41, 5.74) is -0.151. The molecule has 4 nitrogen and oxygen atoms in total. The Balaban J connectivity index is 2.78. The van der Waals surface area contributed by atoms with Gasteiger partial charge in [0, 0.05) is 17.3 Å². The molecule has 0 aliphatic rings. The molecule has 1 rings (SSSR count). The van der Waals surface area contributed by atoms with Crippen LogP contribution in [0.3, 0.4) is 0 Å². The van der Waals surface area contributed by atoms with Gasteiger partial charge in [-0.25, -0.2) is 4.98 Å². The van der Waals surface area contributed by atoms with Crippen molar-refractivity contribution in [3.8, 4) is 12.1 Å². The molecule has 0 radical (unpaired) electrons. The Bertz CT molecular complexity index is 517. The van der Waals surface area contributed by atoms with Crippen molar-refractivity contribution in [3.63, 3.8) is 0 Å².